The van der Waals surface area contributed by atoms with Crippen LogP contribution in [0.3, 0.4) is 0 Å². The van der Waals surface area contributed by atoms with Crippen LogP contribution in [0.25, 0.3) is 0 Å². The smallest absolute Gasteiger partial charge is 0.374 e. The van der Waals surface area contributed by atoms with E-state index in [2.05, 4.69) is 21.2 Å². The molecule has 0 spiro atoms. The molecule has 0 saturated carbocycles. The molecule has 2 heterocycles. The molecule has 0 fully saturated rings. The van der Waals surface area contributed by atoms with Gasteiger partial charge >= 0.3 is 5.97 Å². The summed E-state index contributed by atoms with van der Waals surface area (Å²) in [6.07, 6.45) is -0.305. The van der Waals surface area contributed by atoms with Gasteiger partial charge in [0.2, 0.25) is 5.76 Å². The molecule has 1 amide bonds. The maximum absolute atomic E-state index is 11.7. The summed E-state index contributed by atoms with van der Waals surface area (Å²) in [5, 5.41) is 2.63. The maximum atomic E-state index is 11.7. The van der Waals surface area contributed by atoms with E-state index < -0.39 is 18.5 Å². The minimum absolute atomic E-state index is 0.0234. The Labute approximate surface area is 146 Å². The van der Waals surface area contributed by atoms with Gasteiger partial charge in [-0.2, -0.15) is 0 Å². The maximum Gasteiger partial charge on any atom is 0.374 e. The lowest BCUT2D eigenvalue weighted by atomic mass is 10.2. The number of hydrogen-bond acceptors (Lipinski definition) is 6. The van der Waals surface area contributed by atoms with Gasteiger partial charge in [-0.1, -0.05) is 12.1 Å². The number of benzene rings is 1. The average Bonchev–Trinajstić information content (AvgIpc) is 3.04. The predicted octanol–water partition coefficient (Wildman–Crippen LogP) is 2.16. The van der Waals surface area contributed by atoms with Gasteiger partial charge in [0.1, 0.15) is 12.7 Å². The van der Waals surface area contributed by atoms with Crippen LogP contribution in [0, 0.1) is 0 Å². The van der Waals surface area contributed by atoms with Crippen molar-refractivity contribution in [3.8, 4) is 11.5 Å². The van der Waals surface area contributed by atoms with Crippen molar-refractivity contribution < 1.29 is 28.2 Å². The minimum atomic E-state index is -0.706. The van der Waals surface area contributed by atoms with Gasteiger partial charge < -0.3 is 23.9 Å². The van der Waals surface area contributed by atoms with Gasteiger partial charge in [-0.3, -0.25) is 4.79 Å². The van der Waals surface area contributed by atoms with Gasteiger partial charge in [-0.15, -0.1) is 0 Å². The average molecular weight is 396 g/mol. The Bertz CT molecular complexity index is 744. The summed E-state index contributed by atoms with van der Waals surface area (Å²) in [6, 6.07) is 10.3. The molecule has 8 heteroatoms. The number of furan rings is 1. The van der Waals surface area contributed by atoms with Crippen molar-refractivity contribution in [2.75, 3.05) is 19.8 Å². The zero-order chi connectivity index (χ0) is 16.9. The van der Waals surface area contributed by atoms with Crippen molar-refractivity contribution >= 4 is 27.8 Å². The van der Waals surface area contributed by atoms with Crippen molar-refractivity contribution in [2.24, 2.45) is 0 Å². The summed E-state index contributed by atoms with van der Waals surface area (Å²) in [5.41, 5.74) is 0. The van der Waals surface area contributed by atoms with Crippen LogP contribution in [0.1, 0.15) is 10.6 Å². The third-order valence-electron chi connectivity index (χ3n) is 3.20. The number of carbonyl (C=O) groups excluding carboxylic acids is 2. The highest BCUT2D eigenvalue weighted by molar-refractivity contribution is 9.10. The monoisotopic (exact) mass is 395 g/mol. The Kier molecular flexibility index (Phi) is 5.05. The second-order valence-corrected chi connectivity index (χ2v) is 5.76. The van der Waals surface area contributed by atoms with E-state index in [4.69, 9.17) is 18.6 Å². The summed E-state index contributed by atoms with van der Waals surface area (Å²) in [7, 11) is 0. The molecule has 0 bridgehead atoms. The molecule has 1 aliphatic heterocycles. The number of carbonyl (C=O) groups is 2. The number of fused-ring (bicyclic) bond motifs is 1. The van der Waals surface area contributed by atoms with E-state index in [1.165, 1.54) is 6.07 Å². The topological polar surface area (TPSA) is 87.0 Å². The molecule has 126 valence electrons. The van der Waals surface area contributed by atoms with Gasteiger partial charge in [0.15, 0.2) is 22.8 Å². The Morgan fingerprint density at radius 2 is 2.00 bits per heavy atom. The van der Waals surface area contributed by atoms with Crippen molar-refractivity contribution in [1.29, 1.82) is 0 Å². The summed E-state index contributed by atoms with van der Waals surface area (Å²) in [5.74, 6) is 0.199. The fourth-order valence-electron chi connectivity index (χ4n) is 2.07. The van der Waals surface area contributed by atoms with Crippen molar-refractivity contribution in [3.05, 3.63) is 46.8 Å². The van der Waals surface area contributed by atoms with Gasteiger partial charge in [0.25, 0.3) is 5.91 Å². The van der Waals surface area contributed by atoms with Crippen LogP contribution in [-0.4, -0.2) is 37.7 Å². The Morgan fingerprint density at radius 1 is 1.21 bits per heavy atom. The van der Waals surface area contributed by atoms with Crippen molar-refractivity contribution in [1.82, 2.24) is 5.32 Å². The SMILES string of the molecule is O=C(COC(=O)c1ccc(Br)o1)NC[C@H]1COc2ccccc2O1. The first-order chi connectivity index (χ1) is 11.6. The number of esters is 1. The second kappa shape index (κ2) is 7.39. The normalized spacial score (nSPS) is 15.6. The number of amides is 1. The standard InChI is InChI=1S/C16H14BrNO6/c17-14-6-5-13(24-14)16(20)22-9-15(19)18-7-10-8-21-11-3-1-2-4-12(11)23-10/h1-6,10H,7-9H2,(H,18,19)/t10-/m0/s1. The molecule has 0 unspecified atom stereocenters. The molecule has 1 aromatic heterocycles. The van der Waals surface area contributed by atoms with Gasteiger partial charge in [0.05, 0.1) is 6.54 Å². The number of halogens is 1. The largest absolute Gasteiger partial charge is 0.486 e. The van der Waals surface area contributed by atoms with E-state index in [0.717, 1.165) is 0 Å². The highest BCUT2D eigenvalue weighted by atomic mass is 79.9. The van der Waals surface area contributed by atoms with Crippen LogP contribution < -0.4 is 14.8 Å². The zero-order valence-corrected chi connectivity index (χ0v) is 14.1. The molecule has 3 rings (SSSR count). The molecule has 1 N–H and O–H groups in total. The Balaban J connectivity index is 1.41. The molecule has 2 aromatic rings. The second-order valence-electron chi connectivity index (χ2n) is 4.98. The molecule has 1 atom stereocenters. The number of rotatable bonds is 5. The summed E-state index contributed by atoms with van der Waals surface area (Å²) < 4.78 is 21.6. The van der Waals surface area contributed by atoms with E-state index >= 15 is 0 Å². The summed E-state index contributed by atoms with van der Waals surface area (Å²) in [4.78, 5) is 23.4. The molecule has 1 aliphatic rings. The Hall–Kier alpha value is -2.48. The van der Waals surface area contributed by atoms with E-state index in [-0.39, 0.29) is 18.4 Å². The fraction of sp³-hybridized carbons (Fsp3) is 0.250. The van der Waals surface area contributed by atoms with Crippen LogP contribution in [0.5, 0.6) is 11.5 Å². The first kappa shape index (κ1) is 16.4. The first-order valence-electron chi connectivity index (χ1n) is 7.19. The number of hydrogen-bond donors (Lipinski definition) is 1. The highest BCUT2D eigenvalue weighted by Gasteiger charge is 2.21. The lowest BCUT2D eigenvalue weighted by Crippen LogP contribution is -2.42. The van der Waals surface area contributed by atoms with Gasteiger partial charge in [-0.25, -0.2) is 4.79 Å². The van der Waals surface area contributed by atoms with Crippen LogP contribution in [0.4, 0.5) is 0 Å². The van der Waals surface area contributed by atoms with E-state index in [1.54, 1.807) is 12.1 Å². The molecule has 1 aromatic carbocycles. The minimum Gasteiger partial charge on any atom is -0.486 e. The molecule has 0 saturated heterocycles. The van der Waals surface area contributed by atoms with Crippen molar-refractivity contribution in [3.63, 3.8) is 0 Å². The van der Waals surface area contributed by atoms with Crippen molar-refractivity contribution in [2.45, 2.75) is 6.10 Å². The lowest BCUT2D eigenvalue weighted by Gasteiger charge is -2.26. The number of ether oxygens (including phenoxy) is 3. The predicted molar refractivity (Wildman–Crippen MR) is 86.1 cm³/mol. The lowest BCUT2D eigenvalue weighted by molar-refractivity contribution is -0.124. The summed E-state index contributed by atoms with van der Waals surface area (Å²) in [6.45, 7) is 0.176. The fourth-order valence-corrected chi connectivity index (χ4v) is 2.38. The third-order valence-corrected chi connectivity index (χ3v) is 3.63. The van der Waals surface area contributed by atoms with Gasteiger partial charge in [0, 0.05) is 0 Å². The highest BCUT2D eigenvalue weighted by Crippen LogP contribution is 2.30. The molecule has 0 radical (unpaired) electrons. The number of nitrogens with one attached hydrogen (secondary N) is 1. The molecular formula is C16H14BrNO6. The van der Waals surface area contributed by atoms with Crippen LogP contribution in [0.15, 0.2) is 45.5 Å². The quantitative estimate of drug-likeness (QED) is 0.780. The summed E-state index contributed by atoms with van der Waals surface area (Å²) >= 11 is 3.08. The zero-order valence-electron chi connectivity index (χ0n) is 12.5. The van der Waals surface area contributed by atoms with E-state index in [0.29, 0.717) is 22.8 Å². The van der Waals surface area contributed by atoms with Crippen LogP contribution in [0.2, 0.25) is 0 Å². The van der Waals surface area contributed by atoms with Crippen LogP contribution >= 0.6 is 15.9 Å². The number of para-hydroxylation sites is 2. The van der Waals surface area contributed by atoms with Gasteiger partial charge in [-0.05, 0) is 40.2 Å². The first-order valence-corrected chi connectivity index (χ1v) is 7.99. The molecular weight excluding hydrogens is 382 g/mol. The molecule has 0 aliphatic carbocycles. The van der Waals surface area contributed by atoms with E-state index in [9.17, 15) is 9.59 Å². The Morgan fingerprint density at radius 3 is 2.75 bits per heavy atom. The van der Waals surface area contributed by atoms with E-state index in [1.807, 2.05) is 18.2 Å². The molecule has 24 heavy (non-hydrogen) atoms. The molecule has 7 nitrogen and oxygen atoms in total. The third kappa shape index (κ3) is 4.08. The van der Waals surface area contributed by atoms with Crippen LogP contribution in [-0.2, 0) is 9.53 Å².